The van der Waals surface area contributed by atoms with Crippen LogP contribution in [0.5, 0.6) is 0 Å². The summed E-state index contributed by atoms with van der Waals surface area (Å²) in [4.78, 5) is 16.1. The van der Waals surface area contributed by atoms with Crippen LogP contribution in [0, 0.1) is 5.92 Å². The van der Waals surface area contributed by atoms with E-state index < -0.39 is 0 Å². The number of ether oxygens (including phenoxy) is 1. The molecule has 1 aliphatic heterocycles. The van der Waals surface area contributed by atoms with Crippen LogP contribution in [-0.4, -0.2) is 68.2 Å². The van der Waals surface area contributed by atoms with Crippen molar-refractivity contribution < 1.29 is 9.53 Å². The standard InChI is InChI=1S/C12H25N3O2/c1-10(2)9-14-4-6-15(7-5-14)11(8-13)12(16)17-3/h10-11H,4-9,13H2,1-3H3. The molecule has 0 radical (unpaired) electrons. The lowest BCUT2D eigenvalue weighted by Gasteiger charge is -2.38. The predicted octanol–water partition coefficient (Wildman–Crippen LogP) is -0.240. The van der Waals surface area contributed by atoms with Gasteiger partial charge < -0.3 is 15.4 Å². The molecule has 0 aliphatic carbocycles. The van der Waals surface area contributed by atoms with Crippen molar-refractivity contribution in [3.63, 3.8) is 0 Å². The molecule has 0 amide bonds. The lowest BCUT2D eigenvalue weighted by molar-refractivity contribution is -0.147. The Morgan fingerprint density at radius 3 is 2.29 bits per heavy atom. The van der Waals surface area contributed by atoms with Gasteiger partial charge in [-0.2, -0.15) is 0 Å². The number of carbonyl (C=O) groups is 1. The van der Waals surface area contributed by atoms with Gasteiger partial charge in [0.05, 0.1) is 7.11 Å². The minimum atomic E-state index is -0.277. The first-order valence-electron chi connectivity index (χ1n) is 6.32. The molecule has 100 valence electrons. The van der Waals surface area contributed by atoms with Crippen LogP contribution in [0.4, 0.5) is 0 Å². The van der Waals surface area contributed by atoms with E-state index in [2.05, 4.69) is 23.6 Å². The quantitative estimate of drug-likeness (QED) is 0.675. The van der Waals surface area contributed by atoms with Crippen molar-refractivity contribution >= 4 is 5.97 Å². The summed E-state index contributed by atoms with van der Waals surface area (Å²) in [5.41, 5.74) is 5.64. The molecule has 2 N–H and O–H groups in total. The zero-order chi connectivity index (χ0) is 12.8. The molecule has 0 bridgehead atoms. The van der Waals surface area contributed by atoms with E-state index in [1.165, 1.54) is 7.11 Å². The largest absolute Gasteiger partial charge is 0.468 e. The van der Waals surface area contributed by atoms with Crippen LogP contribution in [0.15, 0.2) is 0 Å². The van der Waals surface area contributed by atoms with E-state index in [-0.39, 0.29) is 12.0 Å². The first-order chi connectivity index (χ1) is 8.08. The van der Waals surface area contributed by atoms with Gasteiger partial charge in [-0.15, -0.1) is 0 Å². The maximum absolute atomic E-state index is 11.5. The summed E-state index contributed by atoms with van der Waals surface area (Å²) in [5, 5.41) is 0. The number of nitrogens with zero attached hydrogens (tertiary/aromatic N) is 2. The van der Waals surface area contributed by atoms with Crippen molar-refractivity contribution in [2.45, 2.75) is 19.9 Å². The Morgan fingerprint density at radius 2 is 1.88 bits per heavy atom. The molecule has 0 spiro atoms. The van der Waals surface area contributed by atoms with Gasteiger partial charge in [-0.1, -0.05) is 13.8 Å². The average molecular weight is 243 g/mol. The van der Waals surface area contributed by atoms with E-state index in [1.807, 2.05) is 0 Å². The van der Waals surface area contributed by atoms with E-state index in [0.717, 1.165) is 32.7 Å². The molecule has 0 aromatic rings. The summed E-state index contributed by atoms with van der Waals surface area (Å²) >= 11 is 0. The average Bonchev–Trinajstić information content (AvgIpc) is 2.31. The zero-order valence-electron chi connectivity index (χ0n) is 11.2. The van der Waals surface area contributed by atoms with Crippen LogP contribution in [0.3, 0.4) is 0 Å². The molecule has 0 saturated carbocycles. The molecule has 1 saturated heterocycles. The smallest absolute Gasteiger partial charge is 0.324 e. The van der Waals surface area contributed by atoms with Gasteiger partial charge in [0.2, 0.25) is 0 Å². The van der Waals surface area contributed by atoms with Crippen LogP contribution >= 0.6 is 0 Å². The molecule has 5 heteroatoms. The van der Waals surface area contributed by atoms with Gasteiger partial charge in [-0.05, 0) is 5.92 Å². The maximum Gasteiger partial charge on any atom is 0.324 e. The van der Waals surface area contributed by atoms with Crippen molar-refractivity contribution in [3.8, 4) is 0 Å². The molecule has 1 aliphatic rings. The Labute approximate surface area is 104 Å². The number of carbonyl (C=O) groups excluding carboxylic acids is 1. The highest BCUT2D eigenvalue weighted by molar-refractivity contribution is 5.75. The number of esters is 1. The summed E-state index contributed by atoms with van der Waals surface area (Å²) in [7, 11) is 1.42. The third-order valence-electron chi connectivity index (χ3n) is 3.17. The molecule has 1 rings (SSSR count). The van der Waals surface area contributed by atoms with E-state index in [1.54, 1.807) is 0 Å². The molecule has 0 aromatic carbocycles. The van der Waals surface area contributed by atoms with Gasteiger partial charge in [0, 0.05) is 39.3 Å². The fourth-order valence-corrected chi connectivity index (χ4v) is 2.30. The molecule has 1 atom stereocenters. The van der Waals surface area contributed by atoms with Gasteiger partial charge in [0.25, 0.3) is 0 Å². The van der Waals surface area contributed by atoms with E-state index in [9.17, 15) is 4.79 Å². The molecular formula is C12H25N3O2. The van der Waals surface area contributed by atoms with Crippen LogP contribution in [-0.2, 0) is 9.53 Å². The van der Waals surface area contributed by atoms with Gasteiger partial charge in [0.1, 0.15) is 6.04 Å². The zero-order valence-corrected chi connectivity index (χ0v) is 11.2. The third kappa shape index (κ3) is 4.26. The topological polar surface area (TPSA) is 58.8 Å². The normalized spacial score (nSPS) is 20.5. The van der Waals surface area contributed by atoms with Crippen molar-refractivity contribution in [2.75, 3.05) is 46.4 Å². The number of hydrogen-bond acceptors (Lipinski definition) is 5. The molecule has 1 fully saturated rings. The van der Waals surface area contributed by atoms with Crippen molar-refractivity contribution in [2.24, 2.45) is 11.7 Å². The number of nitrogens with two attached hydrogens (primary N) is 1. The second-order valence-corrected chi connectivity index (χ2v) is 5.01. The van der Waals surface area contributed by atoms with Gasteiger partial charge >= 0.3 is 5.97 Å². The maximum atomic E-state index is 11.5. The van der Waals surface area contributed by atoms with Gasteiger partial charge in [-0.25, -0.2) is 0 Å². The van der Waals surface area contributed by atoms with Crippen LogP contribution in [0.25, 0.3) is 0 Å². The highest BCUT2D eigenvalue weighted by atomic mass is 16.5. The SMILES string of the molecule is COC(=O)C(CN)N1CCN(CC(C)C)CC1. The molecule has 17 heavy (non-hydrogen) atoms. The number of rotatable bonds is 5. The summed E-state index contributed by atoms with van der Waals surface area (Å²) in [5.74, 6) is 0.470. The Balaban J connectivity index is 2.42. The molecule has 0 aromatic heterocycles. The van der Waals surface area contributed by atoms with Gasteiger partial charge in [-0.3, -0.25) is 9.69 Å². The fraction of sp³-hybridized carbons (Fsp3) is 0.917. The number of piperazine rings is 1. The Kier molecular flexibility index (Phi) is 5.88. The third-order valence-corrected chi connectivity index (χ3v) is 3.17. The summed E-state index contributed by atoms with van der Waals surface area (Å²) in [6, 6.07) is -0.277. The molecule has 5 nitrogen and oxygen atoms in total. The lowest BCUT2D eigenvalue weighted by atomic mass is 10.1. The highest BCUT2D eigenvalue weighted by Crippen LogP contribution is 2.09. The summed E-state index contributed by atoms with van der Waals surface area (Å²) in [6.07, 6.45) is 0. The summed E-state index contributed by atoms with van der Waals surface area (Å²) in [6.45, 7) is 9.70. The van der Waals surface area contributed by atoms with Crippen molar-refractivity contribution in [1.82, 2.24) is 9.80 Å². The Morgan fingerprint density at radius 1 is 1.29 bits per heavy atom. The fourth-order valence-electron chi connectivity index (χ4n) is 2.30. The highest BCUT2D eigenvalue weighted by Gasteiger charge is 2.28. The first-order valence-corrected chi connectivity index (χ1v) is 6.32. The van der Waals surface area contributed by atoms with Gasteiger partial charge in [0.15, 0.2) is 0 Å². The van der Waals surface area contributed by atoms with E-state index in [0.29, 0.717) is 12.5 Å². The van der Waals surface area contributed by atoms with Crippen LogP contribution in [0.2, 0.25) is 0 Å². The second kappa shape index (κ2) is 6.93. The first kappa shape index (κ1) is 14.4. The lowest BCUT2D eigenvalue weighted by Crippen LogP contribution is -2.55. The van der Waals surface area contributed by atoms with Crippen LogP contribution in [0.1, 0.15) is 13.8 Å². The molecule has 1 heterocycles. The van der Waals surface area contributed by atoms with E-state index in [4.69, 9.17) is 10.5 Å². The number of methoxy groups -OCH3 is 1. The second-order valence-electron chi connectivity index (χ2n) is 5.01. The predicted molar refractivity (Wildman–Crippen MR) is 67.7 cm³/mol. The van der Waals surface area contributed by atoms with Crippen molar-refractivity contribution in [3.05, 3.63) is 0 Å². The Hall–Kier alpha value is -0.650. The minimum Gasteiger partial charge on any atom is -0.468 e. The monoisotopic (exact) mass is 243 g/mol. The van der Waals surface area contributed by atoms with Crippen LogP contribution < -0.4 is 5.73 Å². The molecular weight excluding hydrogens is 218 g/mol. The number of hydrogen-bond donors (Lipinski definition) is 1. The summed E-state index contributed by atoms with van der Waals surface area (Å²) < 4.78 is 4.77. The Bertz CT molecular complexity index is 238. The van der Waals surface area contributed by atoms with Crippen molar-refractivity contribution in [1.29, 1.82) is 0 Å². The minimum absolute atomic E-state index is 0.218. The van der Waals surface area contributed by atoms with E-state index >= 15 is 0 Å². The molecule has 1 unspecified atom stereocenters.